The number of hydrogen-bond donors (Lipinski definition) is 3. The Morgan fingerprint density at radius 3 is 0.961 bits per heavy atom. The van der Waals surface area contributed by atoms with Crippen LogP contribution in [-0.4, -0.2) is 34.9 Å². The molecule has 0 saturated carbocycles. The third kappa shape index (κ3) is 5.21. The third-order valence-electron chi connectivity index (χ3n) is 8.98. The minimum Gasteiger partial charge on any atom is -0.354 e. The lowest BCUT2D eigenvalue weighted by molar-refractivity contribution is 0.0979. The lowest BCUT2D eigenvalue weighted by atomic mass is 9.81. The summed E-state index contributed by atoms with van der Waals surface area (Å²) in [6.07, 6.45) is 0. The van der Waals surface area contributed by atoms with Gasteiger partial charge in [-0.3, -0.25) is 28.8 Å². The van der Waals surface area contributed by atoms with Gasteiger partial charge in [0, 0.05) is 33.4 Å². The predicted molar refractivity (Wildman–Crippen MR) is 192 cm³/mol. The number of carbonyl (C=O) groups excluding carboxylic acids is 6. The Morgan fingerprint density at radius 2 is 0.627 bits per heavy atom. The quantitative estimate of drug-likeness (QED) is 0.167. The van der Waals surface area contributed by atoms with Gasteiger partial charge in [-0.15, -0.1) is 0 Å². The van der Waals surface area contributed by atoms with E-state index >= 15 is 0 Å². The number of ketones is 4. The molecule has 3 N–H and O–H groups in total. The number of hydrogen-bond acceptors (Lipinski definition) is 7. The van der Waals surface area contributed by atoms with Crippen molar-refractivity contribution in [3.05, 3.63) is 189 Å². The van der Waals surface area contributed by atoms with E-state index in [-0.39, 0.29) is 67.3 Å². The van der Waals surface area contributed by atoms with Crippen molar-refractivity contribution in [2.24, 2.45) is 0 Å². The monoisotopic (exact) mass is 667 g/mol. The first-order valence-corrected chi connectivity index (χ1v) is 16.0. The molecule has 2 amide bonds. The molecule has 6 aromatic carbocycles. The van der Waals surface area contributed by atoms with Gasteiger partial charge < -0.3 is 16.0 Å². The minimum absolute atomic E-state index is 0.0843. The maximum atomic E-state index is 14.1. The van der Waals surface area contributed by atoms with Crippen LogP contribution in [0.4, 0.5) is 22.7 Å². The Morgan fingerprint density at radius 1 is 0.333 bits per heavy atom. The highest BCUT2D eigenvalue weighted by Gasteiger charge is 2.36. The summed E-state index contributed by atoms with van der Waals surface area (Å²) in [5, 5.41) is 8.73. The molecule has 2 aliphatic carbocycles. The molecule has 2 aliphatic rings. The topological polar surface area (TPSA) is 139 Å². The van der Waals surface area contributed by atoms with Crippen LogP contribution in [0.15, 0.2) is 133 Å². The van der Waals surface area contributed by atoms with Crippen LogP contribution >= 0.6 is 0 Å². The van der Waals surface area contributed by atoms with E-state index in [9.17, 15) is 28.8 Å². The standard InChI is InChI=1S/C42H25N3O6/c46-37-27-17-9-21-31(44-41(50)23-11-3-1-4-12-23)35(27)39(48)25-15-7-19-29(33(25)37)43-30-20-8-16-26-34(30)38(47)28-18-10-22-32(36(28)40(26)49)45-42(51)24-13-5-2-6-14-24/h1-22,43H,(H,44,50)(H,45,51). The van der Waals surface area contributed by atoms with E-state index in [0.29, 0.717) is 11.1 Å². The molecule has 0 spiro atoms. The van der Waals surface area contributed by atoms with E-state index in [4.69, 9.17) is 0 Å². The van der Waals surface area contributed by atoms with Gasteiger partial charge in [-0.25, -0.2) is 0 Å². The van der Waals surface area contributed by atoms with Crippen molar-refractivity contribution in [3.8, 4) is 0 Å². The normalized spacial score (nSPS) is 12.6. The highest BCUT2D eigenvalue weighted by atomic mass is 16.2. The van der Waals surface area contributed by atoms with Gasteiger partial charge in [0.25, 0.3) is 11.8 Å². The third-order valence-corrected chi connectivity index (χ3v) is 8.98. The lowest BCUT2D eigenvalue weighted by Crippen LogP contribution is -2.26. The molecular formula is C42H25N3O6. The van der Waals surface area contributed by atoms with Crippen molar-refractivity contribution in [1.29, 1.82) is 0 Å². The van der Waals surface area contributed by atoms with Gasteiger partial charge in [-0.1, -0.05) is 84.9 Å². The molecule has 0 atom stereocenters. The molecule has 8 rings (SSSR count). The van der Waals surface area contributed by atoms with Crippen LogP contribution in [0.3, 0.4) is 0 Å². The van der Waals surface area contributed by atoms with Gasteiger partial charge in [-0.05, 0) is 48.5 Å². The summed E-state index contributed by atoms with van der Waals surface area (Å²) in [7, 11) is 0. The first-order chi connectivity index (χ1) is 24.8. The number of fused-ring (bicyclic) bond motifs is 4. The number of rotatable bonds is 6. The van der Waals surface area contributed by atoms with Crippen LogP contribution in [-0.2, 0) is 0 Å². The Balaban J connectivity index is 1.14. The van der Waals surface area contributed by atoms with Crippen molar-refractivity contribution in [2.75, 3.05) is 16.0 Å². The van der Waals surface area contributed by atoms with Gasteiger partial charge >= 0.3 is 0 Å². The summed E-state index contributed by atoms with van der Waals surface area (Å²) < 4.78 is 0. The van der Waals surface area contributed by atoms with Crippen LogP contribution < -0.4 is 16.0 Å². The fourth-order valence-corrected chi connectivity index (χ4v) is 6.61. The predicted octanol–water partition coefficient (Wildman–Crippen LogP) is 7.49. The molecule has 0 aliphatic heterocycles. The van der Waals surface area contributed by atoms with E-state index < -0.39 is 34.9 Å². The smallest absolute Gasteiger partial charge is 0.255 e. The molecule has 0 heterocycles. The summed E-state index contributed by atoms with van der Waals surface area (Å²) in [5.41, 5.74) is 2.58. The van der Waals surface area contributed by atoms with Gasteiger partial charge in [-0.2, -0.15) is 0 Å². The second-order valence-corrected chi connectivity index (χ2v) is 12.0. The highest BCUT2D eigenvalue weighted by molar-refractivity contribution is 6.34. The number of nitrogens with one attached hydrogen (secondary N) is 3. The minimum atomic E-state index is -0.451. The van der Waals surface area contributed by atoms with Crippen molar-refractivity contribution >= 4 is 57.7 Å². The van der Waals surface area contributed by atoms with Gasteiger partial charge in [0.05, 0.1) is 45.0 Å². The lowest BCUT2D eigenvalue weighted by Gasteiger charge is -2.25. The molecule has 51 heavy (non-hydrogen) atoms. The Bertz CT molecular complexity index is 2330. The summed E-state index contributed by atoms with van der Waals surface area (Å²) in [6, 6.07) is 36.0. The van der Waals surface area contributed by atoms with Crippen molar-refractivity contribution < 1.29 is 28.8 Å². The molecule has 0 fully saturated rings. The summed E-state index contributed by atoms with van der Waals surface area (Å²) in [4.78, 5) is 82.2. The van der Waals surface area contributed by atoms with Gasteiger partial charge in [0.2, 0.25) is 0 Å². The molecule has 0 bridgehead atoms. The molecule has 0 radical (unpaired) electrons. The molecule has 0 saturated heterocycles. The highest BCUT2D eigenvalue weighted by Crippen LogP contribution is 2.40. The number of carbonyl (C=O) groups is 6. The van der Waals surface area contributed by atoms with E-state index in [1.165, 1.54) is 24.3 Å². The zero-order chi connectivity index (χ0) is 35.2. The van der Waals surface area contributed by atoms with Crippen LogP contribution in [0.2, 0.25) is 0 Å². The maximum Gasteiger partial charge on any atom is 0.255 e. The first kappa shape index (κ1) is 31.0. The SMILES string of the molecule is O=C(Nc1cccc2c1C(=O)c1cccc(Nc3cccc4c3C(=O)c3cccc(NC(=O)c5ccccc5)c3C4=O)c1C2=O)c1ccccc1. The zero-order valence-electron chi connectivity index (χ0n) is 26.7. The molecule has 9 nitrogen and oxygen atoms in total. The zero-order valence-corrected chi connectivity index (χ0v) is 26.7. The number of amides is 2. The molecule has 6 aromatic rings. The van der Waals surface area contributed by atoms with Crippen molar-refractivity contribution in [1.82, 2.24) is 0 Å². The van der Waals surface area contributed by atoms with Crippen LogP contribution in [0.25, 0.3) is 0 Å². The summed E-state index contributed by atoms with van der Waals surface area (Å²) in [5.74, 6) is -2.65. The van der Waals surface area contributed by atoms with Gasteiger partial charge in [0.15, 0.2) is 23.1 Å². The van der Waals surface area contributed by atoms with E-state index in [0.717, 1.165) is 0 Å². The van der Waals surface area contributed by atoms with Gasteiger partial charge in [0.1, 0.15) is 0 Å². The number of anilines is 4. The Hall–Kier alpha value is -7.26. The second kappa shape index (κ2) is 12.3. The summed E-state index contributed by atoms with van der Waals surface area (Å²) in [6.45, 7) is 0. The fourth-order valence-electron chi connectivity index (χ4n) is 6.61. The molecule has 9 heteroatoms. The van der Waals surface area contributed by atoms with E-state index in [2.05, 4.69) is 16.0 Å². The van der Waals surface area contributed by atoms with E-state index in [1.807, 2.05) is 0 Å². The largest absolute Gasteiger partial charge is 0.354 e. The molecular weight excluding hydrogens is 642 g/mol. The molecule has 244 valence electrons. The first-order valence-electron chi connectivity index (χ1n) is 16.0. The van der Waals surface area contributed by atoms with Crippen LogP contribution in [0, 0.1) is 0 Å². The second-order valence-electron chi connectivity index (χ2n) is 12.0. The maximum absolute atomic E-state index is 14.1. The van der Waals surface area contributed by atoms with Crippen molar-refractivity contribution in [3.63, 3.8) is 0 Å². The Kier molecular flexibility index (Phi) is 7.50. The van der Waals surface area contributed by atoms with Crippen LogP contribution in [0.1, 0.15) is 84.4 Å². The Labute approximate surface area is 291 Å². The van der Waals surface area contributed by atoms with Crippen molar-refractivity contribution in [2.45, 2.75) is 0 Å². The average molecular weight is 668 g/mol. The number of benzene rings is 6. The van der Waals surface area contributed by atoms with E-state index in [1.54, 1.807) is 109 Å². The summed E-state index contributed by atoms with van der Waals surface area (Å²) >= 11 is 0. The molecule has 0 aromatic heterocycles. The van der Waals surface area contributed by atoms with Crippen LogP contribution in [0.5, 0.6) is 0 Å². The fraction of sp³-hybridized carbons (Fsp3) is 0. The molecule has 0 unspecified atom stereocenters. The average Bonchev–Trinajstić information content (AvgIpc) is 3.16.